The fraction of sp³-hybridized carbons (Fsp3) is 0.533. The van der Waals surface area contributed by atoms with Gasteiger partial charge in [-0.05, 0) is 31.9 Å². The van der Waals surface area contributed by atoms with Gasteiger partial charge in [0.1, 0.15) is 0 Å². The van der Waals surface area contributed by atoms with Crippen molar-refractivity contribution in [2.45, 2.75) is 56.1 Å². The van der Waals surface area contributed by atoms with Crippen molar-refractivity contribution < 1.29 is 22.9 Å². The molecule has 0 heterocycles. The zero-order valence-corrected chi connectivity index (χ0v) is 14.6. The highest BCUT2D eigenvalue weighted by Crippen LogP contribution is 2.30. The van der Waals surface area contributed by atoms with Crippen molar-refractivity contribution in [3.05, 3.63) is 28.3 Å². The molecule has 3 N–H and O–H groups in total. The van der Waals surface area contributed by atoms with E-state index in [2.05, 4.69) is 5.32 Å². The molecule has 0 aliphatic heterocycles. The monoisotopic (exact) mass is 371 g/mol. The van der Waals surface area contributed by atoms with E-state index in [9.17, 15) is 23.3 Å². The van der Waals surface area contributed by atoms with Crippen LogP contribution in [0.1, 0.15) is 39.0 Å². The van der Waals surface area contributed by atoms with Gasteiger partial charge in [0.15, 0.2) is 11.9 Å². The number of carbonyl (C=O) groups excluding carboxylic acids is 1. The first kappa shape index (κ1) is 19.1. The number of nitro benzene ring substituents is 1. The fourth-order valence-corrected chi connectivity index (χ4v) is 3.26. The van der Waals surface area contributed by atoms with Crippen LogP contribution in [0.15, 0.2) is 23.1 Å². The molecule has 0 radical (unpaired) electrons. The van der Waals surface area contributed by atoms with Gasteiger partial charge in [-0.2, -0.15) is 0 Å². The maximum atomic E-state index is 12.2. The van der Waals surface area contributed by atoms with Crippen LogP contribution in [-0.2, 0) is 14.8 Å². The predicted molar refractivity (Wildman–Crippen MR) is 89.6 cm³/mol. The molecule has 2 rings (SSSR count). The largest absolute Gasteiger partial charge is 0.474 e. The minimum absolute atomic E-state index is 0.0899. The second-order valence-electron chi connectivity index (χ2n) is 6.04. The minimum Gasteiger partial charge on any atom is -0.474 e. The number of sulfonamides is 1. The Morgan fingerprint density at radius 1 is 1.36 bits per heavy atom. The molecule has 0 saturated heterocycles. The van der Waals surface area contributed by atoms with Gasteiger partial charge in [0.25, 0.3) is 5.91 Å². The summed E-state index contributed by atoms with van der Waals surface area (Å²) in [6.45, 7) is 1.48. The van der Waals surface area contributed by atoms with Crippen molar-refractivity contribution in [1.29, 1.82) is 0 Å². The Balaban J connectivity index is 2.12. The van der Waals surface area contributed by atoms with Crippen molar-refractivity contribution in [2.75, 3.05) is 0 Å². The number of nitro groups is 1. The van der Waals surface area contributed by atoms with Crippen molar-refractivity contribution in [3.8, 4) is 5.75 Å². The quantitative estimate of drug-likeness (QED) is 0.572. The van der Waals surface area contributed by atoms with E-state index in [1.165, 1.54) is 6.92 Å². The van der Waals surface area contributed by atoms with Crippen molar-refractivity contribution >= 4 is 21.6 Å². The van der Waals surface area contributed by atoms with E-state index in [-0.39, 0.29) is 17.7 Å². The summed E-state index contributed by atoms with van der Waals surface area (Å²) in [7, 11) is -4.08. The molecule has 1 aromatic carbocycles. The van der Waals surface area contributed by atoms with Gasteiger partial charge in [-0.25, -0.2) is 13.6 Å². The Hall–Kier alpha value is -2.20. The van der Waals surface area contributed by atoms with Gasteiger partial charge in [-0.3, -0.25) is 14.9 Å². The Morgan fingerprint density at radius 3 is 2.56 bits per heavy atom. The Morgan fingerprint density at radius 2 is 2.00 bits per heavy atom. The highest BCUT2D eigenvalue weighted by Gasteiger charge is 2.25. The van der Waals surface area contributed by atoms with E-state index in [0.29, 0.717) is 0 Å². The highest BCUT2D eigenvalue weighted by molar-refractivity contribution is 7.89. The average Bonchev–Trinajstić information content (AvgIpc) is 2.54. The third-order valence-corrected chi connectivity index (χ3v) is 4.99. The first-order valence-corrected chi connectivity index (χ1v) is 9.51. The molecule has 1 aliphatic rings. The van der Waals surface area contributed by atoms with Gasteiger partial charge in [-0.15, -0.1) is 0 Å². The van der Waals surface area contributed by atoms with Crippen LogP contribution in [0.5, 0.6) is 5.75 Å². The first-order valence-electron chi connectivity index (χ1n) is 7.97. The number of amides is 1. The molecule has 0 bridgehead atoms. The SMILES string of the molecule is C[C@@H](Oc1ccc(S(N)(=O)=O)cc1[N+](=O)[O-])C(=O)NC1CCCCC1. The molecule has 1 aliphatic carbocycles. The number of carbonyl (C=O) groups is 1. The maximum Gasteiger partial charge on any atom is 0.312 e. The fourth-order valence-electron chi connectivity index (χ4n) is 2.73. The van der Waals surface area contributed by atoms with Gasteiger partial charge in [0.05, 0.1) is 9.82 Å². The van der Waals surface area contributed by atoms with Gasteiger partial charge in [0.2, 0.25) is 10.0 Å². The number of primary sulfonamides is 1. The lowest BCUT2D eigenvalue weighted by atomic mass is 9.95. The molecule has 1 fully saturated rings. The first-order chi connectivity index (χ1) is 11.7. The van der Waals surface area contributed by atoms with Crippen molar-refractivity contribution in [3.63, 3.8) is 0 Å². The summed E-state index contributed by atoms with van der Waals surface area (Å²) in [4.78, 5) is 22.2. The normalized spacial score (nSPS) is 16.9. The molecule has 0 aromatic heterocycles. The van der Waals surface area contributed by atoms with Crippen molar-refractivity contribution in [1.82, 2.24) is 5.32 Å². The summed E-state index contributed by atoms with van der Waals surface area (Å²) in [5, 5.41) is 19.0. The van der Waals surface area contributed by atoms with E-state index in [1.54, 1.807) is 0 Å². The van der Waals surface area contributed by atoms with Gasteiger partial charge < -0.3 is 10.1 Å². The minimum atomic E-state index is -4.08. The van der Waals surface area contributed by atoms with Crippen LogP contribution in [0, 0.1) is 10.1 Å². The van der Waals surface area contributed by atoms with Crippen LogP contribution >= 0.6 is 0 Å². The molecule has 138 valence electrons. The van der Waals surface area contributed by atoms with E-state index < -0.39 is 31.6 Å². The van der Waals surface area contributed by atoms with Gasteiger partial charge in [0, 0.05) is 12.1 Å². The zero-order chi connectivity index (χ0) is 18.6. The van der Waals surface area contributed by atoms with Crippen LogP contribution in [0.4, 0.5) is 5.69 Å². The number of nitrogens with zero attached hydrogens (tertiary/aromatic N) is 1. The standard InChI is InChI=1S/C15H21N3O6S/c1-10(15(19)17-11-5-3-2-4-6-11)24-14-8-7-12(25(16,22)23)9-13(14)18(20)21/h7-11H,2-6H2,1H3,(H,17,19)(H2,16,22,23)/t10-/m1/s1. The summed E-state index contributed by atoms with van der Waals surface area (Å²) in [5.74, 6) is -0.555. The number of ether oxygens (including phenoxy) is 1. The molecule has 25 heavy (non-hydrogen) atoms. The predicted octanol–water partition coefficient (Wildman–Crippen LogP) is 1.46. The Bertz CT molecular complexity index is 759. The third-order valence-electron chi connectivity index (χ3n) is 4.08. The second-order valence-corrected chi connectivity index (χ2v) is 7.60. The van der Waals surface area contributed by atoms with E-state index in [1.807, 2.05) is 0 Å². The van der Waals surface area contributed by atoms with E-state index in [0.717, 1.165) is 50.3 Å². The number of hydrogen-bond donors (Lipinski definition) is 2. The van der Waals surface area contributed by atoms with Crippen LogP contribution in [0.2, 0.25) is 0 Å². The van der Waals surface area contributed by atoms with Crippen LogP contribution < -0.4 is 15.2 Å². The van der Waals surface area contributed by atoms with E-state index in [4.69, 9.17) is 9.88 Å². The zero-order valence-electron chi connectivity index (χ0n) is 13.8. The van der Waals surface area contributed by atoms with Crippen LogP contribution in [0.3, 0.4) is 0 Å². The molecule has 10 heteroatoms. The molecule has 1 amide bonds. The molecule has 1 atom stereocenters. The lowest BCUT2D eigenvalue weighted by molar-refractivity contribution is -0.386. The summed E-state index contributed by atoms with van der Waals surface area (Å²) in [6, 6.07) is 3.13. The summed E-state index contributed by atoms with van der Waals surface area (Å²) < 4.78 is 28.0. The molecule has 1 saturated carbocycles. The lowest BCUT2D eigenvalue weighted by Gasteiger charge is -2.24. The van der Waals surface area contributed by atoms with Crippen molar-refractivity contribution in [2.24, 2.45) is 5.14 Å². The number of hydrogen-bond acceptors (Lipinski definition) is 6. The van der Waals surface area contributed by atoms with Crippen LogP contribution in [-0.4, -0.2) is 31.4 Å². The highest BCUT2D eigenvalue weighted by atomic mass is 32.2. The molecule has 9 nitrogen and oxygen atoms in total. The van der Waals surface area contributed by atoms with E-state index >= 15 is 0 Å². The number of benzene rings is 1. The van der Waals surface area contributed by atoms with Gasteiger partial charge in [-0.1, -0.05) is 19.3 Å². The Kier molecular flexibility index (Phi) is 5.96. The summed E-state index contributed by atoms with van der Waals surface area (Å²) in [6.07, 6.45) is 4.12. The lowest BCUT2D eigenvalue weighted by Crippen LogP contribution is -2.43. The molecular formula is C15H21N3O6S. The summed E-state index contributed by atoms with van der Waals surface area (Å²) in [5.41, 5.74) is -0.566. The molecule has 0 spiro atoms. The molecular weight excluding hydrogens is 350 g/mol. The second kappa shape index (κ2) is 7.79. The van der Waals surface area contributed by atoms with Gasteiger partial charge >= 0.3 is 5.69 Å². The molecule has 1 aromatic rings. The smallest absolute Gasteiger partial charge is 0.312 e. The maximum absolute atomic E-state index is 12.2. The Labute approximate surface area is 145 Å². The number of nitrogens with one attached hydrogen (secondary N) is 1. The number of nitrogens with two attached hydrogens (primary N) is 1. The average molecular weight is 371 g/mol. The van der Waals surface area contributed by atoms with Crippen LogP contribution in [0.25, 0.3) is 0 Å². The summed E-state index contributed by atoms with van der Waals surface area (Å²) >= 11 is 0. The third kappa shape index (κ3) is 5.13. The number of rotatable bonds is 6. The topological polar surface area (TPSA) is 142 Å². The molecule has 0 unspecified atom stereocenters.